The molecular weight excluding hydrogens is 322 g/mol. The molecule has 5 heteroatoms. The van der Waals surface area contributed by atoms with Gasteiger partial charge in [0.1, 0.15) is 11.8 Å². The number of hydrogen-bond acceptors (Lipinski definition) is 4. The van der Waals surface area contributed by atoms with Crippen LogP contribution in [0.2, 0.25) is 0 Å². The van der Waals surface area contributed by atoms with Gasteiger partial charge in [-0.05, 0) is 30.7 Å². The van der Waals surface area contributed by atoms with E-state index in [1.807, 2.05) is 55.5 Å². The van der Waals surface area contributed by atoms with E-state index in [2.05, 4.69) is 16.4 Å². The predicted molar refractivity (Wildman–Crippen MR) is 98.6 cm³/mol. The summed E-state index contributed by atoms with van der Waals surface area (Å²) in [5.41, 5.74) is 3.32. The van der Waals surface area contributed by atoms with Gasteiger partial charge in [-0.15, -0.1) is 12.4 Å². The second-order valence-electron chi connectivity index (χ2n) is 5.11. The van der Waals surface area contributed by atoms with E-state index in [9.17, 15) is 5.26 Å². The molecule has 0 bridgehead atoms. The average molecular weight is 340 g/mol. The molecular formula is C19H18ClN3O. The minimum Gasteiger partial charge on any atom is -0.494 e. The quantitative estimate of drug-likeness (QED) is 0.741. The summed E-state index contributed by atoms with van der Waals surface area (Å²) in [5.74, 6) is 0.777. The van der Waals surface area contributed by atoms with Crippen LogP contribution in [0.15, 0.2) is 54.7 Å². The molecule has 0 atom stereocenters. The maximum atomic E-state index is 9.39. The Hall–Kier alpha value is -2.77. The third-order valence-electron chi connectivity index (χ3n) is 3.58. The molecule has 0 saturated carbocycles. The molecule has 0 spiro atoms. The highest BCUT2D eigenvalue weighted by Gasteiger charge is 2.10. The van der Waals surface area contributed by atoms with E-state index in [0.29, 0.717) is 18.7 Å². The molecule has 0 unspecified atom stereocenters. The first kappa shape index (κ1) is 17.6. The summed E-state index contributed by atoms with van der Waals surface area (Å²) in [5, 5.41) is 13.7. The van der Waals surface area contributed by atoms with E-state index in [0.717, 1.165) is 27.9 Å². The van der Waals surface area contributed by atoms with Gasteiger partial charge >= 0.3 is 0 Å². The van der Waals surface area contributed by atoms with E-state index in [1.54, 1.807) is 6.20 Å². The summed E-state index contributed by atoms with van der Waals surface area (Å²) < 4.78 is 5.57. The van der Waals surface area contributed by atoms with Crippen LogP contribution in [0.25, 0.3) is 10.9 Å². The number of nitriles is 1. The Morgan fingerprint density at radius 1 is 1.17 bits per heavy atom. The smallest absolute Gasteiger partial charge is 0.120 e. The first-order chi connectivity index (χ1) is 11.3. The summed E-state index contributed by atoms with van der Waals surface area (Å²) >= 11 is 0. The average Bonchev–Trinajstić information content (AvgIpc) is 2.60. The Bertz CT molecular complexity index is 860. The molecule has 1 N–H and O–H groups in total. The van der Waals surface area contributed by atoms with Crippen molar-refractivity contribution in [3.63, 3.8) is 0 Å². The summed E-state index contributed by atoms with van der Waals surface area (Å²) in [6.07, 6.45) is 1.61. The number of hydrogen-bond donors (Lipinski definition) is 1. The number of benzene rings is 2. The van der Waals surface area contributed by atoms with Gasteiger partial charge < -0.3 is 10.1 Å². The highest BCUT2D eigenvalue weighted by atomic mass is 35.5. The minimum absolute atomic E-state index is 0. The van der Waals surface area contributed by atoms with Crippen LogP contribution in [0.1, 0.15) is 18.1 Å². The molecule has 0 radical (unpaired) electrons. The summed E-state index contributed by atoms with van der Waals surface area (Å²) in [4.78, 5) is 4.35. The zero-order valence-corrected chi connectivity index (χ0v) is 14.1. The first-order valence-corrected chi connectivity index (χ1v) is 7.55. The highest BCUT2D eigenvalue weighted by Crippen LogP contribution is 2.29. The van der Waals surface area contributed by atoms with E-state index in [4.69, 9.17) is 4.74 Å². The summed E-state index contributed by atoms with van der Waals surface area (Å²) in [6.45, 7) is 3.19. The van der Waals surface area contributed by atoms with Crippen LogP contribution in [0.5, 0.6) is 5.75 Å². The summed E-state index contributed by atoms with van der Waals surface area (Å²) in [7, 11) is 0. The third kappa shape index (κ3) is 3.76. The van der Waals surface area contributed by atoms with Crippen LogP contribution in [-0.2, 0) is 6.54 Å². The van der Waals surface area contributed by atoms with Gasteiger partial charge in [0, 0.05) is 18.1 Å². The zero-order valence-electron chi connectivity index (χ0n) is 13.3. The van der Waals surface area contributed by atoms with Crippen LogP contribution < -0.4 is 10.1 Å². The fraction of sp³-hybridized carbons (Fsp3) is 0.158. The van der Waals surface area contributed by atoms with Crippen molar-refractivity contribution in [2.45, 2.75) is 13.5 Å². The minimum atomic E-state index is 0. The molecule has 2 aromatic carbocycles. The standard InChI is InChI=1S/C19H17N3O.ClH/c1-2-23-16-8-9-18-17(10-16)19(15(11-20)13-21-18)22-12-14-6-4-3-5-7-14;/h3-10,13H,2,12H2,1H3,(H,21,22);1H. The molecule has 0 saturated heterocycles. The second kappa shape index (κ2) is 8.19. The molecule has 3 aromatic rings. The molecule has 122 valence electrons. The lowest BCUT2D eigenvalue weighted by molar-refractivity contribution is 0.340. The van der Waals surface area contributed by atoms with Crippen molar-refractivity contribution in [2.75, 3.05) is 11.9 Å². The van der Waals surface area contributed by atoms with Gasteiger partial charge in [0.2, 0.25) is 0 Å². The monoisotopic (exact) mass is 339 g/mol. The normalized spacial score (nSPS) is 9.83. The molecule has 1 heterocycles. The molecule has 4 nitrogen and oxygen atoms in total. The van der Waals surface area contributed by atoms with E-state index >= 15 is 0 Å². The molecule has 0 aliphatic rings. The Morgan fingerprint density at radius 2 is 1.96 bits per heavy atom. The van der Waals surface area contributed by atoms with Crippen molar-refractivity contribution in [1.29, 1.82) is 5.26 Å². The maximum absolute atomic E-state index is 9.39. The molecule has 3 rings (SSSR count). The van der Waals surface area contributed by atoms with Gasteiger partial charge in [0.15, 0.2) is 0 Å². The highest BCUT2D eigenvalue weighted by molar-refractivity contribution is 5.94. The number of nitrogens with one attached hydrogen (secondary N) is 1. The van der Waals surface area contributed by atoms with Gasteiger partial charge in [-0.1, -0.05) is 30.3 Å². The number of pyridine rings is 1. The van der Waals surface area contributed by atoms with Gasteiger partial charge in [0.25, 0.3) is 0 Å². The molecule has 0 amide bonds. The lowest BCUT2D eigenvalue weighted by atomic mass is 10.1. The molecule has 1 aromatic heterocycles. The van der Waals surface area contributed by atoms with Crippen LogP contribution in [-0.4, -0.2) is 11.6 Å². The number of halogens is 1. The number of anilines is 1. The number of rotatable bonds is 5. The van der Waals surface area contributed by atoms with Crippen LogP contribution in [0.3, 0.4) is 0 Å². The topological polar surface area (TPSA) is 57.9 Å². The van der Waals surface area contributed by atoms with Gasteiger partial charge in [-0.2, -0.15) is 5.26 Å². The first-order valence-electron chi connectivity index (χ1n) is 7.55. The second-order valence-corrected chi connectivity index (χ2v) is 5.11. The van der Waals surface area contributed by atoms with E-state index in [-0.39, 0.29) is 12.4 Å². The van der Waals surface area contributed by atoms with Gasteiger partial charge in [-0.3, -0.25) is 4.98 Å². The van der Waals surface area contributed by atoms with Crippen molar-refractivity contribution in [3.05, 3.63) is 65.9 Å². The third-order valence-corrected chi connectivity index (χ3v) is 3.58. The fourth-order valence-corrected chi connectivity index (χ4v) is 2.49. The van der Waals surface area contributed by atoms with Crippen molar-refractivity contribution >= 4 is 29.0 Å². The number of ether oxygens (including phenoxy) is 1. The van der Waals surface area contributed by atoms with Crippen LogP contribution in [0, 0.1) is 11.3 Å². The SMILES string of the molecule is CCOc1ccc2ncc(C#N)c(NCc3ccccc3)c2c1.Cl. The molecule has 0 aliphatic heterocycles. The predicted octanol–water partition coefficient (Wildman–Crippen LogP) is 4.54. The fourth-order valence-electron chi connectivity index (χ4n) is 2.49. The lowest BCUT2D eigenvalue weighted by Gasteiger charge is -2.12. The van der Waals surface area contributed by atoms with Crippen molar-refractivity contribution < 1.29 is 4.74 Å². The number of fused-ring (bicyclic) bond motifs is 1. The largest absolute Gasteiger partial charge is 0.494 e. The Morgan fingerprint density at radius 3 is 2.67 bits per heavy atom. The Balaban J connectivity index is 0.00000208. The Kier molecular flexibility index (Phi) is 6.00. The van der Waals surface area contributed by atoms with Crippen molar-refractivity contribution in [1.82, 2.24) is 4.98 Å². The molecule has 0 fully saturated rings. The maximum Gasteiger partial charge on any atom is 0.120 e. The molecule has 0 aliphatic carbocycles. The van der Waals surface area contributed by atoms with E-state index < -0.39 is 0 Å². The van der Waals surface area contributed by atoms with Crippen molar-refractivity contribution in [3.8, 4) is 11.8 Å². The van der Waals surface area contributed by atoms with Crippen LogP contribution in [0.4, 0.5) is 5.69 Å². The number of aromatic nitrogens is 1. The van der Waals surface area contributed by atoms with Crippen molar-refractivity contribution in [2.24, 2.45) is 0 Å². The van der Waals surface area contributed by atoms with Gasteiger partial charge in [-0.25, -0.2) is 0 Å². The zero-order chi connectivity index (χ0) is 16.1. The van der Waals surface area contributed by atoms with Crippen LogP contribution >= 0.6 is 12.4 Å². The van der Waals surface area contributed by atoms with Gasteiger partial charge in [0.05, 0.1) is 23.4 Å². The molecule has 24 heavy (non-hydrogen) atoms. The summed E-state index contributed by atoms with van der Waals surface area (Å²) in [6, 6.07) is 18.0. The Labute approximate surface area is 147 Å². The number of nitrogens with zero attached hydrogens (tertiary/aromatic N) is 2. The lowest BCUT2D eigenvalue weighted by Crippen LogP contribution is -2.03. The van der Waals surface area contributed by atoms with E-state index in [1.165, 1.54) is 0 Å².